The van der Waals surface area contributed by atoms with Crippen LogP contribution in [0.1, 0.15) is 18.1 Å². The minimum absolute atomic E-state index is 0.206. The molecule has 0 aromatic heterocycles. The molecule has 0 radical (unpaired) electrons. The molecule has 0 fully saturated rings. The monoisotopic (exact) mass is 326 g/mol. The zero-order valence-electron chi connectivity index (χ0n) is 13.7. The van der Waals surface area contributed by atoms with Crippen molar-refractivity contribution in [3.05, 3.63) is 71.8 Å². The number of nitrogens with one attached hydrogen (secondary N) is 2. The van der Waals surface area contributed by atoms with Crippen molar-refractivity contribution in [3.8, 4) is 0 Å². The van der Waals surface area contributed by atoms with Gasteiger partial charge < -0.3 is 5.32 Å². The Morgan fingerprint density at radius 1 is 0.917 bits per heavy atom. The van der Waals surface area contributed by atoms with Crippen LogP contribution in [-0.2, 0) is 22.4 Å². The normalized spacial score (nSPS) is 12.9. The average molecular weight is 326 g/mol. The van der Waals surface area contributed by atoms with Gasteiger partial charge in [0.15, 0.2) is 0 Å². The average Bonchev–Trinajstić information content (AvgIpc) is 2.62. The standard InChI is InChI=1S/C19H22N2O3/c1-19(18(23)21-24,14-16-10-6-3-7-11-16)17(22)20-13-12-15-8-4-2-5-9-15/h2-11,24H,12-14H2,1H3,(H,20,22)(H,21,23)/t19-/m0/s1. The van der Waals surface area contributed by atoms with Crippen molar-refractivity contribution >= 4 is 11.8 Å². The zero-order valence-corrected chi connectivity index (χ0v) is 13.7. The van der Waals surface area contributed by atoms with E-state index in [1.165, 1.54) is 6.92 Å². The third kappa shape index (κ3) is 4.43. The Bertz CT molecular complexity index is 674. The molecule has 1 atom stereocenters. The molecule has 24 heavy (non-hydrogen) atoms. The van der Waals surface area contributed by atoms with Crippen LogP contribution in [-0.4, -0.2) is 23.6 Å². The van der Waals surface area contributed by atoms with Crippen LogP contribution in [0.3, 0.4) is 0 Å². The van der Waals surface area contributed by atoms with Crippen molar-refractivity contribution in [1.29, 1.82) is 0 Å². The largest absolute Gasteiger partial charge is 0.355 e. The van der Waals surface area contributed by atoms with Crippen molar-refractivity contribution < 1.29 is 14.8 Å². The van der Waals surface area contributed by atoms with Crippen LogP contribution < -0.4 is 10.8 Å². The Balaban J connectivity index is 2.03. The minimum atomic E-state index is -1.38. The molecule has 126 valence electrons. The fourth-order valence-corrected chi connectivity index (χ4v) is 2.55. The van der Waals surface area contributed by atoms with Gasteiger partial charge in [0.25, 0.3) is 5.91 Å². The summed E-state index contributed by atoms with van der Waals surface area (Å²) >= 11 is 0. The van der Waals surface area contributed by atoms with E-state index in [2.05, 4.69) is 5.32 Å². The summed E-state index contributed by atoms with van der Waals surface area (Å²) in [6.07, 6.45) is 0.881. The van der Waals surface area contributed by atoms with E-state index in [0.717, 1.165) is 11.1 Å². The van der Waals surface area contributed by atoms with Gasteiger partial charge in [-0.3, -0.25) is 14.8 Å². The topological polar surface area (TPSA) is 78.4 Å². The molecule has 0 aliphatic carbocycles. The van der Waals surface area contributed by atoms with E-state index >= 15 is 0 Å². The first-order valence-electron chi connectivity index (χ1n) is 7.87. The maximum atomic E-state index is 12.6. The summed E-state index contributed by atoms with van der Waals surface area (Å²) in [5, 5.41) is 11.8. The van der Waals surface area contributed by atoms with E-state index in [9.17, 15) is 9.59 Å². The summed E-state index contributed by atoms with van der Waals surface area (Å²) in [6.45, 7) is 1.95. The fraction of sp³-hybridized carbons (Fsp3) is 0.263. The van der Waals surface area contributed by atoms with Gasteiger partial charge in [0, 0.05) is 6.54 Å². The fourth-order valence-electron chi connectivity index (χ4n) is 2.55. The van der Waals surface area contributed by atoms with E-state index in [4.69, 9.17) is 5.21 Å². The van der Waals surface area contributed by atoms with Crippen LogP contribution in [0.4, 0.5) is 0 Å². The lowest BCUT2D eigenvalue weighted by molar-refractivity contribution is -0.148. The second kappa shape index (κ2) is 8.26. The summed E-state index contributed by atoms with van der Waals surface area (Å²) < 4.78 is 0. The number of hydroxylamine groups is 1. The number of hydrogen-bond acceptors (Lipinski definition) is 3. The molecule has 0 aliphatic heterocycles. The third-order valence-corrected chi connectivity index (χ3v) is 4.05. The van der Waals surface area contributed by atoms with E-state index in [1.807, 2.05) is 60.7 Å². The van der Waals surface area contributed by atoms with Gasteiger partial charge in [-0.2, -0.15) is 0 Å². The Hall–Kier alpha value is -2.66. The first kappa shape index (κ1) is 17.7. The first-order valence-corrected chi connectivity index (χ1v) is 7.87. The van der Waals surface area contributed by atoms with Crippen molar-refractivity contribution in [3.63, 3.8) is 0 Å². The summed E-state index contributed by atoms with van der Waals surface area (Å²) in [4.78, 5) is 24.7. The van der Waals surface area contributed by atoms with Gasteiger partial charge in [0.05, 0.1) is 0 Å². The highest BCUT2D eigenvalue weighted by Gasteiger charge is 2.41. The predicted octanol–water partition coefficient (Wildman–Crippen LogP) is 2.10. The van der Waals surface area contributed by atoms with Gasteiger partial charge in [0.1, 0.15) is 5.41 Å². The van der Waals surface area contributed by atoms with Crippen molar-refractivity contribution in [2.24, 2.45) is 5.41 Å². The number of carbonyl (C=O) groups excluding carboxylic acids is 2. The van der Waals surface area contributed by atoms with E-state index in [-0.39, 0.29) is 6.42 Å². The summed E-state index contributed by atoms with van der Waals surface area (Å²) in [7, 11) is 0. The molecule has 3 N–H and O–H groups in total. The Morgan fingerprint density at radius 2 is 1.46 bits per heavy atom. The molecule has 2 amide bonds. The highest BCUT2D eigenvalue weighted by atomic mass is 16.5. The summed E-state index contributed by atoms with van der Waals surface area (Å²) in [5.41, 5.74) is 2.19. The van der Waals surface area contributed by atoms with Crippen LogP contribution in [0.25, 0.3) is 0 Å². The molecule has 5 heteroatoms. The molecule has 0 spiro atoms. The minimum Gasteiger partial charge on any atom is -0.355 e. The molecule has 0 saturated heterocycles. The SMILES string of the molecule is C[C@@](Cc1ccccc1)(C(=O)NO)C(=O)NCCc1ccccc1. The van der Waals surface area contributed by atoms with Crippen molar-refractivity contribution in [2.45, 2.75) is 19.8 Å². The lowest BCUT2D eigenvalue weighted by Gasteiger charge is -2.26. The summed E-state index contributed by atoms with van der Waals surface area (Å²) in [5.74, 6) is -1.13. The lowest BCUT2D eigenvalue weighted by Crippen LogP contribution is -2.50. The molecule has 0 saturated carbocycles. The highest BCUT2D eigenvalue weighted by Crippen LogP contribution is 2.23. The van der Waals surface area contributed by atoms with Crippen molar-refractivity contribution in [2.75, 3.05) is 6.54 Å². The smallest absolute Gasteiger partial charge is 0.259 e. The highest BCUT2D eigenvalue weighted by molar-refractivity contribution is 6.04. The number of carbonyl (C=O) groups is 2. The van der Waals surface area contributed by atoms with Crippen LogP contribution in [0.2, 0.25) is 0 Å². The van der Waals surface area contributed by atoms with Gasteiger partial charge in [-0.25, -0.2) is 5.48 Å². The maximum Gasteiger partial charge on any atom is 0.259 e. The Labute approximate surface area is 141 Å². The molecular weight excluding hydrogens is 304 g/mol. The Morgan fingerprint density at radius 3 is 2.00 bits per heavy atom. The van der Waals surface area contributed by atoms with Crippen LogP contribution in [0.15, 0.2) is 60.7 Å². The number of benzene rings is 2. The van der Waals surface area contributed by atoms with Gasteiger partial charge in [-0.15, -0.1) is 0 Å². The van der Waals surface area contributed by atoms with Gasteiger partial charge in [-0.05, 0) is 30.9 Å². The van der Waals surface area contributed by atoms with Crippen LogP contribution in [0, 0.1) is 5.41 Å². The van der Waals surface area contributed by atoms with Gasteiger partial charge >= 0.3 is 0 Å². The molecule has 0 aliphatic rings. The van der Waals surface area contributed by atoms with E-state index in [1.54, 1.807) is 5.48 Å². The van der Waals surface area contributed by atoms with Crippen LogP contribution in [0.5, 0.6) is 0 Å². The number of amides is 2. The lowest BCUT2D eigenvalue weighted by atomic mass is 9.81. The number of hydrogen-bond donors (Lipinski definition) is 3. The van der Waals surface area contributed by atoms with E-state index < -0.39 is 17.2 Å². The van der Waals surface area contributed by atoms with Gasteiger partial charge in [-0.1, -0.05) is 60.7 Å². The van der Waals surface area contributed by atoms with Crippen molar-refractivity contribution in [1.82, 2.24) is 10.8 Å². The Kier molecular flexibility index (Phi) is 6.09. The molecule has 2 aromatic carbocycles. The van der Waals surface area contributed by atoms with Crippen LogP contribution >= 0.6 is 0 Å². The molecule has 0 bridgehead atoms. The predicted molar refractivity (Wildman–Crippen MR) is 91.3 cm³/mol. The maximum absolute atomic E-state index is 12.6. The molecule has 5 nitrogen and oxygen atoms in total. The summed E-state index contributed by atoms with van der Waals surface area (Å²) in [6, 6.07) is 19.0. The molecule has 0 unspecified atom stereocenters. The zero-order chi connectivity index (χ0) is 17.4. The first-order chi connectivity index (χ1) is 11.6. The second-order valence-corrected chi connectivity index (χ2v) is 5.93. The third-order valence-electron chi connectivity index (χ3n) is 4.05. The quantitative estimate of drug-likeness (QED) is 0.414. The number of rotatable bonds is 7. The molecule has 0 heterocycles. The molecule has 2 aromatic rings. The molecule has 2 rings (SSSR count). The van der Waals surface area contributed by atoms with Gasteiger partial charge in [0.2, 0.25) is 5.91 Å². The van der Waals surface area contributed by atoms with E-state index in [0.29, 0.717) is 13.0 Å². The second-order valence-electron chi connectivity index (χ2n) is 5.93. The molecular formula is C19H22N2O3.